The quantitative estimate of drug-likeness (QED) is 0.746. The van der Waals surface area contributed by atoms with Crippen LogP contribution >= 0.6 is 0 Å². The second kappa shape index (κ2) is 10.2. The summed E-state index contributed by atoms with van der Waals surface area (Å²) >= 11 is 0. The Bertz CT molecular complexity index is 690. The molecular weight excluding hydrogens is 374 g/mol. The predicted molar refractivity (Wildman–Crippen MR) is 106 cm³/mol. The topological polar surface area (TPSA) is 98.6 Å². The van der Waals surface area contributed by atoms with E-state index in [0.717, 1.165) is 18.5 Å². The molecule has 0 aromatic carbocycles. The van der Waals surface area contributed by atoms with Gasteiger partial charge in [0.15, 0.2) is 0 Å². The number of nitrogens with zero attached hydrogens (tertiary/aromatic N) is 4. The van der Waals surface area contributed by atoms with Crippen molar-refractivity contribution in [2.24, 2.45) is 11.8 Å². The summed E-state index contributed by atoms with van der Waals surface area (Å²) in [6, 6.07) is 0.0495. The Morgan fingerprint density at radius 2 is 2.17 bits per heavy atom. The molecule has 3 atom stereocenters. The third-order valence-electron chi connectivity index (χ3n) is 5.47. The van der Waals surface area contributed by atoms with Crippen molar-refractivity contribution in [2.45, 2.75) is 64.8 Å². The van der Waals surface area contributed by atoms with Crippen molar-refractivity contribution < 1.29 is 19.1 Å². The van der Waals surface area contributed by atoms with Gasteiger partial charge in [0.1, 0.15) is 12.3 Å². The van der Waals surface area contributed by atoms with Gasteiger partial charge in [-0.3, -0.25) is 14.3 Å². The van der Waals surface area contributed by atoms with Crippen LogP contribution in [0.25, 0.3) is 0 Å². The molecule has 1 aromatic heterocycles. The minimum atomic E-state index is -0.194. The molecule has 0 spiro atoms. The standard InChI is InChI=1S/C20H33N5O4/c1-14-9-21-15(2)12-29-19(26)5-4-8-25-10-17(22-23-25)13-28-18(14)11-24(3)20(27)16-6-7-16/h10,14-16,18,21H,4-9,11-13H2,1-3H3/t14-,15-,18-/m1/s1. The average molecular weight is 408 g/mol. The molecule has 2 bridgehead atoms. The van der Waals surface area contributed by atoms with E-state index in [1.165, 1.54) is 0 Å². The predicted octanol–water partition coefficient (Wildman–Crippen LogP) is 0.983. The monoisotopic (exact) mass is 407 g/mol. The van der Waals surface area contributed by atoms with Crippen LogP contribution in [0.15, 0.2) is 6.20 Å². The summed E-state index contributed by atoms with van der Waals surface area (Å²) < 4.78 is 13.3. The summed E-state index contributed by atoms with van der Waals surface area (Å²) in [4.78, 5) is 26.1. The summed E-state index contributed by atoms with van der Waals surface area (Å²) in [5.74, 6) is 0.354. The van der Waals surface area contributed by atoms with E-state index in [0.29, 0.717) is 45.7 Å². The van der Waals surface area contributed by atoms with Crippen LogP contribution in [-0.2, 0) is 32.2 Å². The van der Waals surface area contributed by atoms with Gasteiger partial charge in [-0.25, -0.2) is 0 Å². The highest BCUT2D eigenvalue weighted by Crippen LogP contribution is 2.30. The zero-order chi connectivity index (χ0) is 20.8. The van der Waals surface area contributed by atoms with Crippen molar-refractivity contribution in [2.75, 3.05) is 26.7 Å². The lowest BCUT2D eigenvalue weighted by molar-refractivity contribution is -0.144. The molecule has 1 amide bonds. The normalized spacial score (nSPS) is 27.3. The van der Waals surface area contributed by atoms with Gasteiger partial charge in [-0.15, -0.1) is 5.10 Å². The van der Waals surface area contributed by atoms with E-state index >= 15 is 0 Å². The van der Waals surface area contributed by atoms with Gasteiger partial charge in [0, 0.05) is 45.1 Å². The molecule has 3 rings (SSSR count). The number of rotatable bonds is 3. The van der Waals surface area contributed by atoms with Crippen molar-refractivity contribution in [3.05, 3.63) is 11.9 Å². The van der Waals surface area contributed by atoms with Crippen molar-refractivity contribution >= 4 is 11.9 Å². The molecule has 0 unspecified atom stereocenters. The van der Waals surface area contributed by atoms with Gasteiger partial charge in [-0.2, -0.15) is 0 Å². The van der Waals surface area contributed by atoms with Crippen LogP contribution in [0.5, 0.6) is 0 Å². The molecule has 1 aromatic rings. The zero-order valence-electron chi connectivity index (χ0n) is 17.7. The number of nitrogens with one attached hydrogen (secondary N) is 1. The van der Waals surface area contributed by atoms with E-state index in [1.54, 1.807) is 9.58 Å². The SMILES string of the molecule is C[C@@H]1COC(=O)CCCn2cc(nn2)CO[C@H](CN(C)C(=O)C2CC2)[C@H](C)CN1. The number of aryl methyl sites for hydroxylation is 1. The molecular formula is C20H33N5O4. The number of ether oxygens (including phenoxy) is 2. The molecule has 2 aliphatic rings. The lowest BCUT2D eigenvalue weighted by Crippen LogP contribution is -2.44. The van der Waals surface area contributed by atoms with E-state index in [1.807, 2.05) is 20.2 Å². The van der Waals surface area contributed by atoms with Crippen LogP contribution in [0.2, 0.25) is 0 Å². The van der Waals surface area contributed by atoms with Gasteiger partial charge in [0.05, 0.1) is 18.9 Å². The molecule has 1 aliphatic carbocycles. The fourth-order valence-corrected chi connectivity index (χ4v) is 3.36. The summed E-state index contributed by atoms with van der Waals surface area (Å²) in [6.45, 7) is 6.62. The molecule has 29 heavy (non-hydrogen) atoms. The molecule has 1 aliphatic heterocycles. The van der Waals surface area contributed by atoms with Crippen LogP contribution in [-0.4, -0.2) is 70.7 Å². The third kappa shape index (κ3) is 6.78. The Morgan fingerprint density at radius 1 is 1.38 bits per heavy atom. The number of fused-ring (bicyclic) bond motifs is 2. The maximum Gasteiger partial charge on any atom is 0.305 e. The molecule has 0 saturated heterocycles. The van der Waals surface area contributed by atoms with Crippen molar-refractivity contribution in [1.82, 2.24) is 25.2 Å². The molecule has 9 nitrogen and oxygen atoms in total. The number of hydrogen-bond acceptors (Lipinski definition) is 7. The number of carbonyl (C=O) groups excluding carboxylic acids is 2. The Balaban J connectivity index is 1.66. The molecule has 162 valence electrons. The summed E-state index contributed by atoms with van der Waals surface area (Å²) in [6.07, 6.45) is 4.70. The average Bonchev–Trinajstić information content (AvgIpc) is 3.46. The van der Waals surface area contributed by atoms with E-state index in [-0.39, 0.29) is 35.9 Å². The molecule has 2 heterocycles. The van der Waals surface area contributed by atoms with Crippen molar-refractivity contribution in [3.8, 4) is 0 Å². The minimum absolute atomic E-state index is 0.0495. The first-order chi connectivity index (χ1) is 13.9. The maximum absolute atomic E-state index is 12.4. The third-order valence-corrected chi connectivity index (χ3v) is 5.47. The van der Waals surface area contributed by atoms with Crippen molar-refractivity contribution in [1.29, 1.82) is 0 Å². The first kappa shape index (κ1) is 21.7. The van der Waals surface area contributed by atoms with E-state index in [9.17, 15) is 9.59 Å². The van der Waals surface area contributed by atoms with E-state index in [4.69, 9.17) is 9.47 Å². The number of likely N-dealkylation sites (N-methyl/N-ethyl adjacent to an activating group) is 1. The Kier molecular flexibility index (Phi) is 7.60. The van der Waals surface area contributed by atoms with Crippen LogP contribution < -0.4 is 5.32 Å². The zero-order valence-corrected chi connectivity index (χ0v) is 17.7. The number of cyclic esters (lactones) is 1. The highest BCUT2D eigenvalue weighted by molar-refractivity contribution is 5.80. The number of aromatic nitrogens is 3. The van der Waals surface area contributed by atoms with Gasteiger partial charge in [-0.05, 0) is 32.1 Å². The molecule has 1 fully saturated rings. The number of hydrogen-bond donors (Lipinski definition) is 1. The van der Waals surface area contributed by atoms with Gasteiger partial charge >= 0.3 is 5.97 Å². The van der Waals surface area contributed by atoms with Gasteiger partial charge in [0.25, 0.3) is 0 Å². The van der Waals surface area contributed by atoms with Crippen LogP contribution in [0.4, 0.5) is 0 Å². The largest absolute Gasteiger partial charge is 0.464 e. The summed E-state index contributed by atoms with van der Waals surface area (Å²) in [5.41, 5.74) is 0.745. The van der Waals surface area contributed by atoms with Gasteiger partial charge < -0.3 is 19.7 Å². The molecule has 1 N–H and O–H groups in total. The fourth-order valence-electron chi connectivity index (χ4n) is 3.36. The Hall–Kier alpha value is -2.00. The first-order valence-electron chi connectivity index (χ1n) is 10.6. The van der Waals surface area contributed by atoms with Crippen molar-refractivity contribution in [3.63, 3.8) is 0 Å². The van der Waals surface area contributed by atoms with Crippen LogP contribution in [0.1, 0.15) is 45.2 Å². The number of carbonyl (C=O) groups is 2. The van der Waals surface area contributed by atoms with Crippen LogP contribution in [0.3, 0.4) is 0 Å². The molecule has 1 saturated carbocycles. The fraction of sp³-hybridized carbons (Fsp3) is 0.800. The number of esters is 1. The van der Waals surface area contributed by atoms with Crippen LogP contribution in [0, 0.1) is 11.8 Å². The van der Waals surface area contributed by atoms with E-state index < -0.39 is 0 Å². The lowest BCUT2D eigenvalue weighted by Gasteiger charge is -2.30. The second-order valence-corrected chi connectivity index (χ2v) is 8.39. The smallest absolute Gasteiger partial charge is 0.305 e. The summed E-state index contributed by atoms with van der Waals surface area (Å²) in [5, 5.41) is 11.7. The van der Waals surface area contributed by atoms with Gasteiger partial charge in [-0.1, -0.05) is 12.1 Å². The summed E-state index contributed by atoms with van der Waals surface area (Å²) in [7, 11) is 1.85. The molecule has 9 heteroatoms. The maximum atomic E-state index is 12.4. The first-order valence-corrected chi connectivity index (χ1v) is 10.6. The van der Waals surface area contributed by atoms with E-state index in [2.05, 4.69) is 22.6 Å². The minimum Gasteiger partial charge on any atom is -0.464 e. The van der Waals surface area contributed by atoms with Gasteiger partial charge in [0.2, 0.25) is 5.91 Å². The highest BCUT2D eigenvalue weighted by atomic mass is 16.5. The second-order valence-electron chi connectivity index (χ2n) is 8.39. The highest BCUT2D eigenvalue weighted by Gasteiger charge is 2.33. The molecule has 0 radical (unpaired) electrons. The number of amides is 1. The Labute approximate surface area is 172 Å². The Morgan fingerprint density at radius 3 is 2.93 bits per heavy atom. The lowest BCUT2D eigenvalue weighted by atomic mass is 10.0.